The molecule has 2 aliphatic heterocycles. The molecule has 2 aromatic rings. The second-order valence-electron chi connectivity index (χ2n) is 8.05. The van der Waals surface area contributed by atoms with Crippen LogP contribution < -0.4 is 10.2 Å². The topological polar surface area (TPSA) is 47.0 Å². The number of nitrogens with zero attached hydrogens (tertiary/aromatic N) is 5. The SMILES string of the molecule is CCNC(=NCCCN1CCc2ccccc2C1)N1CCN(c2ccccn2)CC1.I. The first-order valence-corrected chi connectivity index (χ1v) is 11.3. The average Bonchev–Trinajstić information content (AvgIpc) is 2.82. The van der Waals surface area contributed by atoms with Crippen LogP contribution in [0.25, 0.3) is 0 Å². The molecule has 1 saturated heterocycles. The van der Waals surface area contributed by atoms with E-state index >= 15 is 0 Å². The molecule has 1 fully saturated rings. The summed E-state index contributed by atoms with van der Waals surface area (Å²) in [4.78, 5) is 16.7. The number of piperazine rings is 1. The Hall–Kier alpha value is -1.87. The minimum atomic E-state index is 0. The van der Waals surface area contributed by atoms with Crippen molar-refractivity contribution in [1.29, 1.82) is 0 Å². The van der Waals surface area contributed by atoms with Crippen LogP contribution in [0.3, 0.4) is 0 Å². The van der Waals surface area contributed by atoms with Crippen molar-refractivity contribution in [3.8, 4) is 0 Å². The van der Waals surface area contributed by atoms with Crippen LogP contribution in [0, 0.1) is 0 Å². The molecule has 0 aliphatic carbocycles. The van der Waals surface area contributed by atoms with Gasteiger partial charge in [0, 0.05) is 65.1 Å². The van der Waals surface area contributed by atoms with Gasteiger partial charge in [0.15, 0.2) is 5.96 Å². The van der Waals surface area contributed by atoms with E-state index in [2.05, 4.69) is 68.3 Å². The number of nitrogens with one attached hydrogen (secondary N) is 1. The molecule has 4 rings (SSSR count). The highest BCUT2D eigenvalue weighted by Crippen LogP contribution is 2.18. The lowest BCUT2D eigenvalue weighted by molar-refractivity contribution is 0.252. The predicted octanol–water partition coefficient (Wildman–Crippen LogP) is 3.24. The number of guanidine groups is 1. The minimum Gasteiger partial charge on any atom is -0.357 e. The number of aromatic nitrogens is 1. The van der Waals surface area contributed by atoms with Crippen LogP contribution in [0.2, 0.25) is 0 Å². The van der Waals surface area contributed by atoms with Gasteiger partial charge in [0.05, 0.1) is 0 Å². The summed E-state index contributed by atoms with van der Waals surface area (Å²) in [5.41, 5.74) is 3.01. The van der Waals surface area contributed by atoms with Crippen molar-refractivity contribution < 1.29 is 0 Å². The predicted molar refractivity (Wildman–Crippen MR) is 139 cm³/mol. The van der Waals surface area contributed by atoms with Gasteiger partial charge < -0.3 is 15.1 Å². The van der Waals surface area contributed by atoms with Crippen LogP contribution in [0.4, 0.5) is 5.82 Å². The van der Waals surface area contributed by atoms with E-state index in [1.165, 1.54) is 17.5 Å². The highest BCUT2D eigenvalue weighted by Gasteiger charge is 2.20. The van der Waals surface area contributed by atoms with Gasteiger partial charge in [-0.05, 0) is 43.0 Å². The second kappa shape index (κ2) is 12.2. The lowest BCUT2D eigenvalue weighted by Gasteiger charge is -2.37. The highest BCUT2D eigenvalue weighted by atomic mass is 127. The zero-order valence-electron chi connectivity index (χ0n) is 18.5. The van der Waals surface area contributed by atoms with Gasteiger partial charge in [0.2, 0.25) is 0 Å². The molecule has 0 radical (unpaired) electrons. The molecule has 0 bridgehead atoms. The zero-order chi connectivity index (χ0) is 20.6. The fourth-order valence-electron chi connectivity index (χ4n) is 4.34. The summed E-state index contributed by atoms with van der Waals surface area (Å²) < 4.78 is 0. The van der Waals surface area contributed by atoms with E-state index in [9.17, 15) is 0 Å². The van der Waals surface area contributed by atoms with E-state index in [0.29, 0.717) is 0 Å². The average molecular weight is 534 g/mol. The summed E-state index contributed by atoms with van der Waals surface area (Å²) in [5, 5.41) is 3.49. The first-order chi connectivity index (χ1) is 14.8. The molecule has 3 heterocycles. The van der Waals surface area contributed by atoms with E-state index in [1.54, 1.807) is 0 Å². The van der Waals surface area contributed by atoms with Crippen LogP contribution in [-0.4, -0.2) is 73.1 Å². The number of pyridine rings is 1. The van der Waals surface area contributed by atoms with Gasteiger partial charge in [-0.15, -0.1) is 24.0 Å². The Morgan fingerprint density at radius 3 is 2.52 bits per heavy atom. The summed E-state index contributed by atoms with van der Waals surface area (Å²) in [6.07, 6.45) is 4.14. The summed E-state index contributed by atoms with van der Waals surface area (Å²) in [7, 11) is 0. The van der Waals surface area contributed by atoms with Crippen LogP contribution >= 0.6 is 24.0 Å². The summed E-state index contributed by atoms with van der Waals surface area (Å²) in [5.74, 6) is 2.13. The minimum absolute atomic E-state index is 0. The molecule has 31 heavy (non-hydrogen) atoms. The maximum atomic E-state index is 4.93. The molecular weight excluding hydrogens is 499 g/mol. The van der Waals surface area contributed by atoms with Crippen molar-refractivity contribution in [1.82, 2.24) is 20.1 Å². The van der Waals surface area contributed by atoms with E-state index in [1.807, 2.05) is 12.3 Å². The second-order valence-corrected chi connectivity index (χ2v) is 8.05. The van der Waals surface area contributed by atoms with E-state index < -0.39 is 0 Å². The highest BCUT2D eigenvalue weighted by molar-refractivity contribution is 14.0. The molecule has 2 aliphatic rings. The van der Waals surface area contributed by atoms with Gasteiger partial charge in [-0.3, -0.25) is 9.89 Å². The van der Waals surface area contributed by atoms with E-state index in [0.717, 1.165) is 77.1 Å². The van der Waals surface area contributed by atoms with Crippen LogP contribution in [0.1, 0.15) is 24.5 Å². The van der Waals surface area contributed by atoms with Gasteiger partial charge in [-0.2, -0.15) is 0 Å². The number of anilines is 1. The number of aliphatic imine (C=N–C) groups is 1. The summed E-state index contributed by atoms with van der Waals surface area (Å²) in [6.45, 7) is 11.2. The quantitative estimate of drug-likeness (QED) is 0.267. The molecule has 1 N–H and O–H groups in total. The van der Waals surface area contributed by atoms with E-state index in [4.69, 9.17) is 4.99 Å². The number of fused-ring (bicyclic) bond motifs is 1. The number of halogens is 1. The van der Waals surface area contributed by atoms with Crippen molar-refractivity contribution in [2.45, 2.75) is 26.3 Å². The maximum Gasteiger partial charge on any atom is 0.194 e. The Kier molecular flexibility index (Phi) is 9.39. The number of hydrogen-bond acceptors (Lipinski definition) is 4. The summed E-state index contributed by atoms with van der Waals surface area (Å²) in [6, 6.07) is 15.0. The first-order valence-electron chi connectivity index (χ1n) is 11.3. The summed E-state index contributed by atoms with van der Waals surface area (Å²) >= 11 is 0. The lowest BCUT2D eigenvalue weighted by Crippen LogP contribution is -2.52. The third-order valence-corrected chi connectivity index (χ3v) is 5.99. The normalized spacial score (nSPS) is 17.1. The zero-order valence-corrected chi connectivity index (χ0v) is 20.9. The van der Waals surface area contributed by atoms with Gasteiger partial charge in [0.25, 0.3) is 0 Å². The Morgan fingerprint density at radius 1 is 1.00 bits per heavy atom. The fourth-order valence-corrected chi connectivity index (χ4v) is 4.34. The standard InChI is InChI=1S/C24H34N6.HI/c1-2-25-24(30-18-16-29(17-19-30)23-10-5-6-12-26-23)27-13-7-14-28-15-11-21-8-3-4-9-22(21)20-28;/h3-6,8-10,12H,2,7,11,13-20H2,1H3,(H,25,27);1H. The molecule has 0 spiro atoms. The molecule has 6 nitrogen and oxygen atoms in total. The van der Waals surface area contributed by atoms with Crippen LogP contribution in [-0.2, 0) is 13.0 Å². The molecule has 0 atom stereocenters. The fraction of sp³-hybridized carbons (Fsp3) is 0.500. The first kappa shape index (κ1) is 23.8. The van der Waals surface area contributed by atoms with Crippen LogP contribution in [0.15, 0.2) is 53.7 Å². The Labute approximate surface area is 203 Å². The molecule has 1 aromatic carbocycles. The number of hydrogen-bond donors (Lipinski definition) is 1. The molecular formula is C24H35IN6. The van der Waals surface area contributed by atoms with Crippen molar-refractivity contribution in [2.75, 3.05) is 57.3 Å². The molecule has 0 amide bonds. The lowest BCUT2D eigenvalue weighted by atomic mass is 10.00. The third kappa shape index (κ3) is 6.55. The van der Waals surface area contributed by atoms with E-state index in [-0.39, 0.29) is 24.0 Å². The third-order valence-electron chi connectivity index (χ3n) is 5.99. The van der Waals surface area contributed by atoms with Crippen molar-refractivity contribution in [2.24, 2.45) is 4.99 Å². The molecule has 168 valence electrons. The Balaban J connectivity index is 0.00000272. The van der Waals surface area contributed by atoms with Gasteiger partial charge in [-0.25, -0.2) is 4.98 Å². The maximum absolute atomic E-state index is 4.93. The smallest absolute Gasteiger partial charge is 0.194 e. The van der Waals surface area contributed by atoms with Crippen LogP contribution in [0.5, 0.6) is 0 Å². The van der Waals surface area contributed by atoms with Crippen molar-refractivity contribution in [3.05, 3.63) is 59.8 Å². The van der Waals surface area contributed by atoms with Crippen molar-refractivity contribution >= 4 is 35.8 Å². The monoisotopic (exact) mass is 534 g/mol. The molecule has 1 aromatic heterocycles. The Morgan fingerprint density at radius 2 is 1.77 bits per heavy atom. The molecule has 0 unspecified atom stereocenters. The number of rotatable bonds is 6. The Bertz CT molecular complexity index is 820. The van der Waals surface area contributed by atoms with Gasteiger partial charge >= 0.3 is 0 Å². The molecule has 0 saturated carbocycles. The molecule has 7 heteroatoms. The van der Waals surface area contributed by atoms with Crippen molar-refractivity contribution in [3.63, 3.8) is 0 Å². The van der Waals surface area contributed by atoms with Gasteiger partial charge in [0.1, 0.15) is 5.82 Å². The number of benzene rings is 1. The van der Waals surface area contributed by atoms with Gasteiger partial charge in [-0.1, -0.05) is 30.3 Å². The largest absolute Gasteiger partial charge is 0.357 e.